The first-order valence-corrected chi connectivity index (χ1v) is 5.21. The first kappa shape index (κ1) is 9.00. The molecule has 1 amide bonds. The van der Waals surface area contributed by atoms with Crippen LogP contribution in [0.2, 0.25) is 0 Å². The average molecular weight is 182 g/mol. The van der Waals surface area contributed by atoms with Crippen LogP contribution in [-0.4, -0.2) is 29.9 Å². The van der Waals surface area contributed by atoms with Gasteiger partial charge < -0.3 is 10.6 Å². The number of carbonyl (C=O) groups is 1. The molecule has 1 aliphatic carbocycles. The van der Waals surface area contributed by atoms with Crippen molar-refractivity contribution >= 4 is 5.91 Å². The Morgan fingerprint density at radius 2 is 2.31 bits per heavy atom. The summed E-state index contributed by atoms with van der Waals surface area (Å²) in [6.45, 7) is 3.96. The summed E-state index contributed by atoms with van der Waals surface area (Å²) < 4.78 is 0. The minimum Gasteiger partial charge on any atom is -0.339 e. The van der Waals surface area contributed by atoms with Crippen LogP contribution in [0.15, 0.2) is 0 Å². The number of amides is 1. The quantitative estimate of drug-likeness (QED) is 0.652. The lowest BCUT2D eigenvalue weighted by atomic mass is 9.97. The van der Waals surface area contributed by atoms with Gasteiger partial charge in [0.2, 0.25) is 5.91 Å². The summed E-state index contributed by atoms with van der Waals surface area (Å²) in [5.74, 6) is 0.155. The number of rotatable bonds is 4. The third-order valence-corrected chi connectivity index (χ3v) is 3.31. The summed E-state index contributed by atoms with van der Waals surface area (Å²) in [6.07, 6.45) is 5.11. The smallest absolute Gasteiger partial charge is 0.241 e. The maximum atomic E-state index is 11.3. The van der Waals surface area contributed by atoms with E-state index in [1.165, 1.54) is 25.7 Å². The van der Waals surface area contributed by atoms with Crippen molar-refractivity contribution in [1.82, 2.24) is 4.90 Å². The van der Waals surface area contributed by atoms with Crippen molar-refractivity contribution in [1.29, 1.82) is 0 Å². The van der Waals surface area contributed by atoms with E-state index in [-0.39, 0.29) is 11.9 Å². The second-order valence-corrected chi connectivity index (χ2v) is 4.58. The highest BCUT2D eigenvalue weighted by Crippen LogP contribution is 2.50. The molecule has 1 atom stereocenters. The molecule has 1 aliphatic heterocycles. The van der Waals surface area contributed by atoms with Crippen molar-refractivity contribution in [3.05, 3.63) is 0 Å². The second kappa shape index (κ2) is 2.98. The molecule has 0 aromatic heterocycles. The fourth-order valence-electron chi connectivity index (χ4n) is 2.27. The van der Waals surface area contributed by atoms with Gasteiger partial charge in [0, 0.05) is 13.1 Å². The molecule has 0 bridgehead atoms. The van der Waals surface area contributed by atoms with Crippen molar-refractivity contribution in [3.63, 3.8) is 0 Å². The van der Waals surface area contributed by atoms with E-state index < -0.39 is 0 Å². The summed E-state index contributed by atoms with van der Waals surface area (Å²) in [4.78, 5) is 13.2. The topological polar surface area (TPSA) is 46.3 Å². The van der Waals surface area contributed by atoms with Gasteiger partial charge in [-0.1, -0.05) is 13.3 Å². The Bertz CT molecular complexity index is 223. The zero-order valence-corrected chi connectivity index (χ0v) is 8.25. The van der Waals surface area contributed by atoms with E-state index in [4.69, 9.17) is 5.73 Å². The SMILES string of the molecule is CCCC1(CN2CC(N)C2=O)CC1. The van der Waals surface area contributed by atoms with E-state index in [1.54, 1.807) is 0 Å². The van der Waals surface area contributed by atoms with Crippen LogP contribution in [0.25, 0.3) is 0 Å². The third-order valence-electron chi connectivity index (χ3n) is 3.31. The molecule has 2 fully saturated rings. The van der Waals surface area contributed by atoms with Crippen LogP contribution in [-0.2, 0) is 4.79 Å². The Labute approximate surface area is 79.3 Å². The van der Waals surface area contributed by atoms with Gasteiger partial charge in [0.25, 0.3) is 0 Å². The van der Waals surface area contributed by atoms with E-state index in [2.05, 4.69) is 6.92 Å². The number of hydrogen-bond donors (Lipinski definition) is 1. The lowest BCUT2D eigenvalue weighted by Crippen LogP contribution is -2.62. The summed E-state index contributed by atoms with van der Waals surface area (Å²) in [5.41, 5.74) is 6.03. The Morgan fingerprint density at radius 3 is 2.69 bits per heavy atom. The zero-order chi connectivity index (χ0) is 9.47. The molecular weight excluding hydrogens is 164 g/mol. The monoisotopic (exact) mass is 182 g/mol. The number of β-lactam (4-membered cyclic amide) rings is 1. The summed E-state index contributed by atoms with van der Waals surface area (Å²) in [6, 6.07) is -0.197. The molecule has 0 radical (unpaired) electrons. The minimum atomic E-state index is -0.197. The molecule has 2 rings (SSSR count). The standard InChI is InChI=1S/C10H18N2O/c1-2-3-10(4-5-10)7-12-6-8(11)9(12)13/h8H,2-7,11H2,1H3. The van der Waals surface area contributed by atoms with Gasteiger partial charge in [-0.2, -0.15) is 0 Å². The Balaban J connectivity index is 1.82. The fourth-order valence-corrected chi connectivity index (χ4v) is 2.27. The fraction of sp³-hybridized carbons (Fsp3) is 0.900. The van der Waals surface area contributed by atoms with Gasteiger partial charge >= 0.3 is 0 Å². The maximum absolute atomic E-state index is 11.3. The molecule has 3 nitrogen and oxygen atoms in total. The molecule has 1 unspecified atom stereocenters. The predicted molar refractivity (Wildman–Crippen MR) is 51.1 cm³/mol. The molecule has 0 spiro atoms. The van der Waals surface area contributed by atoms with Crippen LogP contribution in [0.5, 0.6) is 0 Å². The molecular formula is C10H18N2O. The van der Waals surface area contributed by atoms with Gasteiger partial charge in [-0.3, -0.25) is 4.79 Å². The highest BCUT2D eigenvalue weighted by atomic mass is 16.2. The average Bonchev–Trinajstić information content (AvgIpc) is 2.85. The van der Waals surface area contributed by atoms with Gasteiger partial charge in [0.15, 0.2) is 0 Å². The molecule has 1 saturated heterocycles. The van der Waals surface area contributed by atoms with Crippen LogP contribution >= 0.6 is 0 Å². The van der Waals surface area contributed by atoms with Crippen LogP contribution in [0, 0.1) is 5.41 Å². The number of likely N-dealkylation sites (tertiary alicyclic amines) is 1. The first-order chi connectivity index (χ1) is 6.17. The number of nitrogens with zero attached hydrogens (tertiary/aromatic N) is 1. The van der Waals surface area contributed by atoms with Crippen molar-refractivity contribution < 1.29 is 4.79 Å². The van der Waals surface area contributed by atoms with Crippen molar-refractivity contribution in [2.45, 2.75) is 38.6 Å². The lowest BCUT2D eigenvalue weighted by molar-refractivity contribution is -0.143. The van der Waals surface area contributed by atoms with Gasteiger partial charge in [0.1, 0.15) is 6.04 Å². The maximum Gasteiger partial charge on any atom is 0.241 e. The highest BCUT2D eigenvalue weighted by Gasteiger charge is 2.46. The van der Waals surface area contributed by atoms with E-state index in [0.717, 1.165) is 13.1 Å². The number of hydrogen-bond acceptors (Lipinski definition) is 2. The molecule has 0 aromatic carbocycles. The molecule has 1 saturated carbocycles. The molecule has 0 aromatic rings. The van der Waals surface area contributed by atoms with Crippen LogP contribution in [0.4, 0.5) is 0 Å². The molecule has 1 heterocycles. The van der Waals surface area contributed by atoms with Gasteiger partial charge in [-0.15, -0.1) is 0 Å². The van der Waals surface area contributed by atoms with E-state index in [0.29, 0.717) is 5.41 Å². The molecule has 2 aliphatic rings. The molecule has 3 heteroatoms. The normalized spacial score (nSPS) is 30.2. The lowest BCUT2D eigenvalue weighted by Gasteiger charge is -2.38. The Kier molecular flexibility index (Phi) is 2.06. The highest BCUT2D eigenvalue weighted by molar-refractivity contribution is 5.87. The Hall–Kier alpha value is -0.570. The summed E-state index contributed by atoms with van der Waals surface area (Å²) in [5, 5.41) is 0. The van der Waals surface area contributed by atoms with Gasteiger partial charge in [0.05, 0.1) is 0 Å². The second-order valence-electron chi connectivity index (χ2n) is 4.58. The van der Waals surface area contributed by atoms with Crippen molar-refractivity contribution in [2.75, 3.05) is 13.1 Å². The zero-order valence-electron chi connectivity index (χ0n) is 8.25. The third kappa shape index (κ3) is 1.57. The minimum absolute atomic E-state index is 0.155. The number of carbonyl (C=O) groups excluding carboxylic acids is 1. The van der Waals surface area contributed by atoms with Gasteiger partial charge in [-0.25, -0.2) is 0 Å². The van der Waals surface area contributed by atoms with Crippen molar-refractivity contribution in [2.24, 2.45) is 11.1 Å². The summed E-state index contributed by atoms with van der Waals surface area (Å²) in [7, 11) is 0. The van der Waals surface area contributed by atoms with E-state index in [1.807, 2.05) is 4.90 Å². The first-order valence-electron chi connectivity index (χ1n) is 5.21. The molecule has 74 valence electrons. The molecule has 13 heavy (non-hydrogen) atoms. The number of nitrogens with two attached hydrogens (primary N) is 1. The predicted octanol–water partition coefficient (Wildman–Crippen LogP) is 0.736. The van der Waals surface area contributed by atoms with E-state index >= 15 is 0 Å². The van der Waals surface area contributed by atoms with Crippen molar-refractivity contribution in [3.8, 4) is 0 Å². The van der Waals surface area contributed by atoms with Gasteiger partial charge in [-0.05, 0) is 24.7 Å². The van der Waals surface area contributed by atoms with Crippen LogP contribution in [0.1, 0.15) is 32.6 Å². The largest absolute Gasteiger partial charge is 0.339 e. The molecule has 2 N–H and O–H groups in total. The Morgan fingerprint density at radius 1 is 1.62 bits per heavy atom. The summed E-state index contributed by atoms with van der Waals surface area (Å²) >= 11 is 0. The van der Waals surface area contributed by atoms with Crippen LogP contribution in [0.3, 0.4) is 0 Å². The van der Waals surface area contributed by atoms with E-state index in [9.17, 15) is 4.79 Å². The van der Waals surface area contributed by atoms with Crippen LogP contribution < -0.4 is 5.73 Å².